The van der Waals surface area contributed by atoms with Crippen LogP contribution in [0, 0.1) is 0 Å². The van der Waals surface area contributed by atoms with Gasteiger partial charge in [0.25, 0.3) is 0 Å². The van der Waals surface area contributed by atoms with Crippen molar-refractivity contribution in [1.82, 2.24) is 0 Å². The van der Waals surface area contributed by atoms with E-state index in [9.17, 15) is 9.90 Å². The second kappa shape index (κ2) is 2.09. The van der Waals surface area contributed by atoms with E-state index in [1.54, 1.807) is 6.92 Å². The monoisotopic (exact) mass is 170 g/mol. The van der Waals surface area contributed by atoms with E-state index in [4.69, 9.17) is 4.74 Å². The number of aliphatic hydroxyl groups excluding tert-OH is 1. The maximum absolute atomic E-state index is 11.5. The van der Waals surface area contributed by atoms with Gasteiger partial charge in [0.1, 0.15) is 5.60 Å². The van der Waals surface area contributed by atoms with Crippen molar-refractivity contribution >= 4 is 5.78 Å². The molecule has 12 heavy (non-hydrogen) atoms. The maximum atomic E-state index is 11.5. The highest BCUT2D eigenvalue weighted by Crippen LogP contribution is 2.45. The molecule has 0 aromatic rings. The normalized spacial score (nSPS) is 52.9. The summed E-state index contributed by atoms with van der Waals surface area (Å²) < 4.78 is 5.60. The van der Waals surface area contributed by atoms with E-state index in [0.29, 0.717) is 12.8 Å². The highest BCUT2D eigenvalue weighted by Gasteiger charge is 2.57. The van der Waals surface area contributed by atoms with E-state index in [2.05, 4.69) is 0 Å². The lowest BCUT2D eigenvalue weighted by atomic mass is 9.92. The van der Waals surface area contributed by atoms with Gasteiger partial charge in [0.15, 0.2) is 5.78 Å². The predicted molar refractivity (Wildman–Crippen MR) is 42.8 cm³/mol. The fourth-order valence-corrected chi connectivity index (χ4v) is 2.23. The van der Waals surface area contributed by atoms with Crippen molar-refractivity contribution in [3.63, 3.8) is 0 Å². The molecule has 1 N–H and O–H groups in total. The number of rotatable bonds is 0. The van der Waals surface area contributed by atoms with Crippen LogP contribution in [0.5, 0.6) is 0 Å². The lowest BCUT2D eigenvalue weighted by molar-refractivity contribution is -0.182. The zero-order chi connectivity index (χ0) is 8.98. The van der Waals surface area contributed by atoms with Gasteiger partial charge in [-0.2, -0.15) is 0 Å². The second-order valence-corrected chi connectivity index (χ2v) is 4.31. The number of fused-ring (bicyclic) bond motifs is 2. The molecule has 0 unspecified atom stereocenters. The Bertz CT molecular complexity index is 238. The van der Waals surface area contributed by atoms with Crippen molar-refractivity contribution in [1.29, 1.82) is 0 Å². The zero-order valence-electron chi connectivity index (χ0n) is 7.46. The van der Waals surface area contributed by atoms with Gasteiger partial charge < -0.3 is 9.84 Å². The number of Topliss-reactive ketones (excluding diaryl/α,β-unsaturated/α-hetero) is 1. The largest absolute Gasteiger partial charge is 0.390 e. The Kier molecular flexibility index (Phi) is 1.43. The molecule has 0 radical (unpaired) electrons. The highest BCUT2D eigenvalue weighted by atomic mass is 16.6. The minimum atomic E-state index is -0.910. The molecule has 2 rings (SSSR count). The number of carbonyl (C=O) groups excluding carboxylic acids is 1. The van der Waals surface area contributed by atoms with E-state index in [1.807, 2.05) is 6.92 Å². The fourth-order valence-electron chi connectivity index (χ4n) is 2.23. The van der Waals surface area contributed by atoms with Gasteiger partial charge in [-0.15, -0.1) is 0 Å². The van der Waals surface area contributed by atoms with Crippen molar-refractivity contribution in [2.45, 2.75) is 50.4 Å². The average Bonchev–Trinajstić information content (AvgIpc) is 2.16. The summed E-state index contributed by atoms with van der Waals surface area (Å²) in [5.41, 5.74) is -1.21. The van der Waals surface area contributed by atoms with Gasteiger partial charge in [0.05, 0.1) is 11.7 Å². The molecule has 2 bridgehead atoms. The molecule has 2 saturated heterocycles. The Morgan fingerprint density at radius 3 is 2.83 bits per heavy atom. The number of aliphatic hydroxyl groups is 1. The summed E-state index contributed by atoms with van der Waals surface area (Å²) in [6, 6.07) is 0. The molecule has 2 fully saturated rings. The molecule has 0 saturated carbocycles. The molecule has 0 aromatic carbocycles. The van der Waals surface area contributed by atoms with Crippen LogP contribution in [-0.2, 0) is 9.53 Å². The summed E-state index contributed by atoms with van der Waals surface area (Å²) in [5.74, 6) is 0.0509. The minimum absolute atomic E-state index is 0.0509. The van der Waals surface area contributed by atoms with Crippen LogP contribution >= 0.6 is 0 Å². The van der Waals surface area contributed by atoms with Crippen LogP contribution in [0.15, 0.2) is 0 Å². The van der Waals surface area contributed by atoms with Crippen LogP contribution < -0.4 is 0 Å². The predicted octanol–water partition coefficient (Wildman–Crippen LogP) is 0.648. The molecule has 0 aliphatic carbocycles. The molecule has 3 heteroatoms. The summed E-state index contributed by atoms with van der Waals surface area (Å²) in [5, 5.41) is 9.59. The number of hydrogen-bond donors (Lipinski definition) is 1. The summed E-state index contributed by atoms with van der Waals surface area (Å²) in [6.45, 7) is 3.65. The lowest BCUT2D eigenvalue weighted by Gasteiger charge is -2.38. The lowest BCUT2D eigenvalue weighted by Crippen LogP contribution is -2.49. The number of ketones is 1. The van der Waals surface area contributed by atoms with E-state index in [-0.39, 0.29) is 11.4 Å². The SMILES string of the molecule is C[C@]12CC[C@H](O)[C@](C)(O1)C(=O)C2. The second-order valence-electron chi connectivity index (χ2n) is 4.31. The highest BCUT2D eigenvalue weighted by molar-refractivity contribution is 5.90. The van der Waals surface area contributed by atoms with Crippen LogP contribution in [-0.4, -0.2) is 28.2 Å². The van der Waals surface area contributed by atoms with Gasteiger partial charge in [-0.3, -0.25) is 4.79 Å². The van der Waals surface area contributed by atoms with Crippen molar-refractivity contribution < 1.29 is 14.6 Å². The van der Waals surface area contributed by atoms with Crippen LogP contribution in [0.1, 0.15) is 33.1 Å². The molecule has 0 amide bonds. The molecule has 68 valence electrons. The molecule has 2 aliphatic heterocycles. The van der Waals surface area contributed by atoms with Gasteiger partial charge in [-0.25, -0.2) is 0 Å². The number of hydrogen-bond acceptors (Lipinski definition) is 3. The quantitative estimate of drug-likeness (QED) is 0.580. The zero-order valence-corrected chi connectivity index (χ0v) is 7.46. The van der Waals surface area contributed by atoms with Gasteiger partial charge in [0.2, 0.25) is 0 Å². The Morgan fingerprint density at radius 2 is 2.25 bits per heavy atom. The van der Waals surface area contributed by atoms with E-state index in [0.717, 1.165) is 6.42 Å². The molecule has 2 aliphatic rings. The van der Waals surface area contributed by atoms with Gasteiger partial charge in [0, 0.05) is 6.42 Å². The van der Waals surface area contributed by atoms with E-state index in [1.165, 1.54) is 0 Å². The topological polar surface area (TPSA) is 46.5 Å². The summed E-state index contributed by atoms with van der Waals surface area (Å²) in [7, 11) is 0. The smallest absolute Gasteiger partial charge is 0.169 e. The Morgan fingerprint density at radius 1 is 1.58 bits per heavy atom. The van der Waals surface area contributed by atoms with Crippen molar-refractivity contribution in [3.05, 3.63) is 0 Å². The molecule has 0 spiro atoms. The van der Waals surface area contributed by atoms with Crippen molar-refractivity contribution in [2.24, 2.45) is 0 Å². The minimum Gasteiger partial charge on any atom is -0.390 e. The molecule has 3 nitrogen and oxygen atoms in total. The first kappa shape index (κ1) is 8.20. The van der Waals surface area contributed by atoms with Crippen LogP contribution in [0.3, 0.4) is 0 Å². The third kappa shape index (κ3) is 0.866. The first-order valence-corrected chi connectivity index (χ1v) is 4.38. The van der Waals surface area contributed by atoms with Crippen LogP contribution in [0.25, 0.3) is 0 Å². The first-order chi connectivity index (χ1) is 5.46. The van der Waals surface area contributed by atoms with Crippen molar-refractivity contribution in [3.8, 4) is 0 Å². The third-order valence-corrected chi connectivity index (χ3v) is 3.13. The number of carbonyl (C=O) groups is 1. The van der Waals surface area contributed by atoms with Gasteiger partial charge in [-0.05, 0) is 26.7 Å². The van der Waals surface area contributed by atoms with Gasteiger partial charge in [-0.1, -0.05) is 0 Å². The standard InChI is InChI=1S/C9H14O3/c1-8-4-3-6(10)9(2,12-8)7(11)5-8/h6,10H,3-5H2,1-2H3/t6-,8+,9-/m0/s1. The van der Waals surface area contributed by atoms with Crippen LogP contribution in [0.4, 0.5) is 0 Å². The van der Waals surface area contributed by atoms with E-state index < -0.39 is 11.7 Å². The Balaban J connectivity index is 2.36. The summed E-state index contributed by atoms with van der Waals surface area (Å²) in [4.78, 5) is 11.5. The Hall–Kier alpha value is -0.410. The summed E-state index contributed by atoms with van der Waals surface area (Å²) in [6.07, 6.45) is 1.31. The Labute approximate surface area is 71.7 Å². The van der Waals surface area contributed by atoms with Gasteiger partial charge >= 0.3 is 0 Å². The average molecular weight is 170 g/mol. The van der Waals surface area contributed by atoms with Crippen LogP contribution in [0.2, 0.25) is 0 Å². The fraction of sp³-hybridized carbons (Fsp3) is 0.889. The maximum Gasteiger partial charge on any atom is 0.169 e. The molecule has 3 atom stereocenters. The summed E-state index contributed by atoms with van der Waals surface area (Å²) >= 11 is 0. The third-order valence-electron chi connectivity index (χ3n) is 3.13. The first-order valence-electron chi connectivity index (χ1n) is 4.38. The van der Waals surface area contributed by atoms with E-state index >= 15 is 0 Å². The molecular weight excluding hydrogens is 156 g/mol. The van der Waals surface area contributed by atoms with Crippen molar-refractivity contribution in [2.75, 3.05) is 0 Å². The molecule has 2 heterocycles. The molecular formula is C9H14O3. The number of ether oxygens (including phenoxy) is 1. The molecule has 0 aromatic heterocycles.